The van der Waals surface area contributed by atoms with Crippen LogP contribution in [0, 0.1) is 5.82 Å². The van der Waals surface area contributed by atoms with Crippen LogP contribution in [0.4, 0.5) is 10.1 Å². The Hall–Kier alpha value is -4.12. The number of methoxy groups -OCH3 is 2. The van der Waals surface area contributed by atoms with E-state index in [1.807, 2.05) is 44.2 Å². The molecule has 0 fully saturated rings. The van der Waals surface area contributed by atoms with Gasteiger partial charge in [-0.05, 0) is 68.7 Å². The van der Waals surface area contributed by atoms with Crippen molar-refractivity contribution in [1.82, 2.24) is 10.2 Å². The summed E-state index contributed by atoms with van der Waals surface area (Å²) in [6.07, 6.45) is 1.16. The Morgan fingerprint density at radius 1 is 0.929 bits per heavy atom. The number of halogens is 1. The normalized spacial score (nSPS) is 12.6. The quantitative estimate of drug-likeness (QED) is 0.294. The van der Waals surface area contributed by atoms with Crippen LogP contribution in [0.1, 0.15) is 32.8 Å². The van der Waals surface area contributed by atoms with Gasteiger partial charge in [0.25, 0.3) is 10.0 Å². The third-order valence-corrected chi connectivity index (χ3v) is 8.76. The van der Waals surface area contributed by atoms with E-state index >= 15 is 0 Å². The summed E-state index contributed by atoms with van der Waals surface area (Å²) in [5.74, 6) is -0.987. The van der Waals surface area contributed by atoms with Gasteiger partial charge in [-0.3, -0.25) is 13.9 Å². The molecule has 0 bridgehead atoms. The van der Waals surface area contributed by atoms with Gasteiger partial charge in [-0.15, -0.1) is 0 Å². The number of carbonyl (C=O) groups is 2. The SMILES string of the molecule is CCC(C)NC(=O)C(C)N(CCc1ccccc1)C(=O)CN(c1ccc(F)cc1)S(=O)(=O)c1ccc(OC)c(OC)c1. The fourth-order valence-electron chi connectivity index (χ4n) is 4.28. The zero-order valence-electron chi connectivity index (χ0n) is 24.5. The van der Waals surface area contributed by atoms with Crippen LogP contribution in [0.2, 0.25) is 0 Å². The Labute approximate surface area is 247 Å². The van der Waals surface area contributed by atoms with Crippen molar-refractivity contribution in [2.75, 3.05) is 31.6 Å². The van der Waals surface area contributed by atoms with Crippen LogP contribution < -0.4 is 19.1 Å². The summed E-state index contributed by atoms with van der Waals surface area (Å²) in [6.45, 7) is 4.97. The van der Waals surface area contributed by atoms with Crippen molar-refractivity contribution in [3.05, 3.63) is 84.2 Å². The number of amides is 2. The molecule has 0 aliphatic carbocycles. The van der Waals surface area contributed by atoms with Gasteiger partial charge >= 0.3 is 0 Å². The number of anilines is 1. The van der Waals surface area contributed by atoms with Gasteiger partial charge < -0.3 is 19.7 Å². The van der Waals surface area contributed by atoms with Gasteiger partial charge in [0.2, 0.25) is 11.8 Å². The number of nitrogens with zero attached hydrogens (tertiary/aromatic N) is 2. The first-order valence-electron chi connectivity index (χ1n) is 13.7. The van der Waals surface area contributed by atoms with Crippen LogP contribution in [-0.4, -0.2) is 64.5 Å². The first-order chi connectivity index (χ1) is 20.0. The van der Waals surface area contributed by atoms with Crippen molar-refractivity contribution in [1.29, 1.82) is 0 Å². The predicted octanol–water partition coefficient (Wildman–Crippen LogP) is 4.41. The first-order valence-corrected chi connectivity index (χ1v) is 15.1. The second-order valence-electron chi connectivity index (χ2n) is 9.82. The average molecular weight is 600 g/mol. The maximum Gasteiger partial charge on any atom is 0.264 e. The van der Waals surface area contributed by atoms with Gasteiger partial charge in [0.1, 0.15) is 18.4 Å². The third-order valence-electron chi connectivity index (χ3n) is 6.99. The minimum Gasteiger partial charge on any atom is -0.493 e. The molecule has 3 aromatic rings. The molecule has 3 rings (SSSR count). The van der Waals surface area contributed by atoms with Crippen LogP contribution in [0.3, 0.4) is 0 Å². The van der Waals surface area contributed by atoms with Gasteiger partial charge in [0, 0.05) is 18.7 Å². The average Bonchev–Trinajstić information content (AvgIpc) is 3.00. The van der Waals surface area contributed by atoms with Crippen molar-refractivity contribution >= 4 is 27.5 Å². The minimum absolute atomic E-state index is 0.0826. The molecule has 42 heavy (non-hydrogen) atoms. The number of nitrogens with one attached hydrogen (secondary N) is 1. The fraction of sp³-hybridized carbons (Fsp3) is 0.355. The molecule has 2 amide bonds. The Morgan fingerprint density at radius 3 is 2.17 bits per heavy atom. The molecule has 2 unspecified atom stereocenters. The number of carbonyl (C=O) groups excluding carboxylic acids is 2. The number of hydrogen-bond donors (Lipinski definition) is 1. The van der Waals surface area contributed by atoms with Crippen LogP contribution in [0.25, 0.3) is 0 Å². The summed E-state index contributed by atoms with van der Waals surface area (Å²) >= 11 is 0. The topological polar surface area (TPSA) is 105 Å². The molecule has 9 nitrogen and oxygen atoms in total. The molecule has 11 heteroatoms. The molecule has 3 aromatic carbocycles. The predicted molar refractivity (Wildman–Crippen MR) is 160 cm³/mol. The summed E-state index contributed by atoms with van der Waals surface area (Å²) in [5.41, 5.74) is 1.04. The zero-order valence-corrected chi connectivity index (χ0v) is 25.4. The molecular weight excluding hydrogens is 561 g/mol. The second-order valence-corrected chi connectivity index (χ2v) is 11.7. The molecule has 0 radical (unpaired) electrons. The van der Waals surface area contributed by atoms with E-state index in [4.69, 9.17) is 9.47 Å². The van der Waals surface area contributed by atoms with Gasteiger partial charge in [0.05, 0.1) is 24.8 Å². The van der Waals surface area contributed by atoms with E-state index in [1.165, 1.54) is 49.5 Å². The lowest BCUT2D eigenvalue weighted by molar-refractivity contribution is -0.139. The Balaban J connectivity index is 2.01. The molecule has 226 valence electrons. The third kappa shape index (κ3) is 8.00. The highest BCUT2D eigenvalue weighted by Gasteiger charge is 2.33. The van der Waals surface area contributed by atoms with Crippen molar-refractivity contribution in [2.24, 2.45) is 0 Å². The summed E-state index contributed by atoms with van der Waals surface area (Å²) in [6, 6.07) is 17.4. The van der Waals surface area contributed by atoms with Crippen LogP contribution in [0.5, 0.6) is 11.5 Å². The molecule has 0 saturated carbocycles. The summed E-state index contributed by atoms with van der Waals surface area (Å²) in [5, 5.41) is 2.90. The number of rotatable bonds is 14. The smallest absolute Gasteiger partial charge is 0.264 e. The van der Waals surface area contributed by atoms with Crippen LogP contribution in [0.15, 0.2) is 77.7 Å². The van der Waals surface area contributed by atoms with E-state index in [0.29, 0.717) is 18.6 Å². The highest BCUT2D eigenvalue weighted by Crippen LogP contribution is 2.32. The van der Waals surface area contributed by atoms with Crippen molar-refractivity contribution < 1.29 is 31.9 Å². The number of benzene rings is 3. The monoisotopic (exact) mass is 599 g/mol. The lowest BCUT2D eigenvalue weighted by atomic mass is 10.1. The second kappa shape index (κ2) is 14.7. The largest absolute Gasteiger partial charge is 0.493 e. The molecular formula is C31H38FN3O6S. The first kappa shape index (κ1) is 32.4. The molecule has 2 atom stereocenters. The number of hydrogen-bond acceptors (Lipinski definition) is 6. The fourth-order valence-corrected chi connectivity index (χ4v) is 5.71. The maximum atomic E-state index is 14.0. The van der Waals surface area contributed by atoms with Gasteiger partial charge in [-0.1, -0.05) is 37.3 Å². The maximum absolute atomic E-state index is 14.0. The number of sulfonamides is 1. The molecule has 0 saturated heterocycles. The van der Waals surface area contributed by atoms with E-state index in [0.717, 1.165) is 22.0 Å². The van der Waals surface area contributed by atoms with Gasteiger partial charge in [0.15, 0.2) is 11.5 Å². The summed E-state index contributed by atoms with van der Waals surface area (Å²) in [7, 11) is -1.55. The van der Waals surface area contributed by atoms with Crippen molar-refractivity contribution in [3.8, 4) is 11.5 Å². The molecule has 1 N–H and O–H groups in total. The highest BCUT2D eigenvalue weighted by atomic mass is 32.2. The molecule has 0 aromatic heterocycles. The highest BCUT2D eigenvalue weighted by molar-refractivity contribution is 7.92. The summed E-state index contributed by atoms with van der Waals surface area (Å²) in [4.78, 5) is 28.3. The van der Waals surface area contributed by atoms with Crippen molar-refractivity contribution in [3.63, 3.8) is 0 Å². The minimum atomic E-state index is -4.36. The molecule has 0 aliphatic heterocycles. The Morgan fingerprint density at radius 2 is 1.57 bits per heavy atom. The zero-order chi connectivity index (χ0) is 30.9. The van der Waals surface area contributed by atoms with E-state index in [1.54, 1.807) is 6.92 Å². The Bertz CT molecular complexity index is 1450. The summed E-state index contributed by atoms with van der Waals surface area (Å²) < 4.78 is 53.2. The lowest BCUT2D eigenvalue weighted by Gasteiger charge is -2.32. The lowest BCUT2D eigenvalue weighted by Crippen LogP contribution is -2.53. The Kier molecular flexibility index (Phi) is 11.3. The molecule has 0 spiro atoms. The molecule has 0 aliphatic rings. The van der Waals surface area contributed by atoms with E-state index in [9.17, 15) is 22.4 Å². The van der Waals surface area contributed by atoms with E-state index in [-0.39, 0.29) is 34.8 Å². The number of ether oxygens (including phenoxy) is 2. The standard InChI is InChI=1S/C31H38FN3O6S/c1-6-22(2)33-31(37)23(3)34(19-18-24-10-8-7-9-11-24)30(36)21-35(26-14-12-25(32)13-15-26)42(38,39)27-16-17-28(40-4)29(20-27)41-5/h7-17,20,22-23H,6,18-19,21H2,1-5H3,(H,33,37). The van der Waals surface area contributed by atoms with Gasteiger partial charge in [-0.25, -0.2) is 12.8 Å². The van der Waals surface area contributed by atoms with Crippen molar-refractivity contribution in [2.45, 2.75) is 50.6 Å². The van der Waals surface area contributed by atoms with E-state index in [2.05, 4.69) is 5.32 Å². The van der Waals surface area contributed by atoms with E-state index < -0.39 is 34.3 Å². The van der Waals surface area contributed by atoms with Gasteiger partial charge in [-0.2, -0.15) is 0 Å². The van der Waals surface area contributed by atoms with Crippen LogP contribution >= 0.6 is 0 Å². The van der Waals surface area contributed by atoms with Crippen LogP contribution in [-0.2, 0) is 26.0 Å². The molecule has 0 heterocycles.